The molecule has 0 aliphatic carbocycles. The third-order valence-electron chi connectivity index (χ3n) is 3.16. The summed E-state index contributed by atoms with van der Waals surface area (Å²) in [6.07, 6.45) is 0. The number of amides is 1. The molecule has 0 aromatic heterocycles. The van der Waals surface area contributed by atoms with E-state index in [-0.39, 0.29) is 19.3 Å². The SMILES string of the molecule is Cc1cc(NC(=O)COc2ccc3c(c2)OCO3)ccc1Br. The van der Waals surface area contributed by atoms with Gasteiger partial charge in [0.15, 0.2) is 18.1 Å². The quantitative estimate of drug-likeness (QED) is 0.902. The molecule has 0 saturated carbocycles. The minimum atomic E-state index is -0.223. The monoisotopic (exact) mass is 363 g/mol. The van der Waals surface area contributed by atoms with Crippen molar-refractivity contribution >= 4 is 27.5 Å². The van der Waals surface area contributed by atoms with E-state index in [1.807, 2.05) is 25.1 Å². The van der Waals surface area contributed by atoms with E-state index in [0.29, 0.717) is 17.2 Å². The Morgan fingerprint density at radius 1 is 1.23 bits per heavy atom. The molecule has 6 heteroatoms. The number of anilines is 1. The first-order valence-corrected chi connectivity index (χ1v) is 7.49. The molecule has 0 spiro atoms. The smallest absolute Gasteiger partial charge is 0.262 e. The number of benzene rings is 2. The number of aryl methyl sites for hydroxylation is 1. The van der Waals surface area contributed by atoms with Crippen LogP contribution in [0.25, 0.3) is 0 Å². The summed E-state index contributed by atoms with van der Waals surface area (Å²) in [6.45, 7) is 2.10. The van der Waals surface area contributed by atoms with Crippen LogP contribution < -0.4 is 19.5 Å². The molecular formula is C16H14BrNO4. The highest BCUT2D eigenvalue weighted by molar-refractivity contribution is 9.10. The summed E-state index contributed by atoms with van der Waals surface area (Å²) in [4.78, 5) is 11.9. The zero-order valence-corrected chi connectivity index (χ0v) is 13.5. The number of ether oxygens (including phenoxy) is 3. The van der Waals surface area contributed by atoms with Crippen molar-refractivity contribution in [3.8, 4) is 17.2 Å². The normalized spacial score (nSPS) is 12.1. The van der Waals surface area contributed by atoms with Crippen LogP contribution in [-0.2, 0) is 4.79 Å². The van der Waals surface area contributed by atoms with E-state index >= 15 is 0 Å². The van der Waals surface area contributed by atoms with E-state index < -0.39 is 0 Å². The van der Waals surface area contributed by atoms with Gasteiger partial charge in [-0.25, -0.2) is 0 Å². The highest BCUT2D eigenvalue weighted by atomic mass is 79.9. The molecule has 3 rings (SSSR count). The van der Waals surface area contributed by atoms with Crippen molar-refractivity contribution < 1.29 is 19.0 Å². The summed E-state index contributed by atoms with van der Waals surface area (Å²) in [5.41, 5.74) is 1.79. The van der Waals surface area contributed by atoms with E-state index in [2.05, 4.69) is 21.2 Å². The van der Waals surface area contributed by atoms with Crippen molar-refractivity contribution in [2.24, 2.45) is 0 Å². The van der Waals surface area contributed by atoms with Crippen LogP contribution in [0.15, 0.2) is 40.9 Å². The Morgan fingerprint density at radius 3 is 2.86 bits per heavy atom. The van der Waals surface area contributed by atoms with Crippen LogP contribution in [0.5, 0.6) is 17.2 Å². The summed E-state index contributed by atoms with van der Waals surface area (Å²) >= 11 is 3.42. The maximum absolute atomic E-state index is 11.9. The van der Waals surface area contributed by atoms with Gasteiger partial charge >= 0.3 is 0 Å². The topological polar surface area (TPSA) is 56.8 Å². The van der Waals surface area contributed by atoms with Crippen LogP contribution in [0, 0.1) is 6.92 Å². The van der Waals surface area contributed by atoms with Gasteiger partial charge in [-0.05, 0) is 42.8 Å². The van der Waals surface area contributed by atoms with E-state index in [9.17, 15) is 4.79 Å². The lowest BCUT2D eigenvalue weighted by Crippen LogP contribution is -2.20. The van der Waals surface area contributed by atoms with Crippen molar-refractivity contribution in [2.75, 3.05) is 18.7 Å². The van der Waals surface area contributed by atoms with Gasteiger partial charge in [-0.15, -0.1) is 0 Å². The lowest BCUT2D eigenvalue weighted by atomic mass is 10.2. The Bertz CT molecular complexity index is 717. The van der Waals surface area contributed by atoms with Crippen LogP contribution in [0.4, 0.5) is 5.69 Å². The van der Waals surface area contributed by atoms with Crippen molar-refractivity contribution in [3.05, 3.63) is 46.4 Å². The second kappa shape index (κ2) is 6.27. The number of fused-ring (bicyclic) bond motifs is 1. The molecule has 0 saturated heterocycles. The van der Waals surface area contributed by atoms with Crippen molar-refractivity contribution in [3.63, 3.8) is 0 Å². The molecule has 0 fully saturated rings. The lowest BCUT2D eigenvalue weighted by Gasteiger charge is -2.09. The summed E-state index contributed by atoms with van der Waals surface area (Å²) in [5.74, 6) is 1.65. The second-order valence-electron chi connectivity index (χ2n) is 4.82. The fourth-order valence-electron chi connectivity index (χ4n) is 2.04. The number of carbonyl (C=O) groups is 1. The van der Waals surface area contributed by atoms with Gasteiger partial charge in [0.2, 0.25) is 6.79 Å². The third-order valence-corrected chi connectivity index (χ3v) is 4.05. The lowest BCUT2D eigenvalue weighted by molar-refractivity contribution is -0.118. The van der Waals surface area contributed by atoms with Crippen LogP contribution >= 0.6 is 15.9 Å². The van der Waals surface area contributed by atoms with Crippen LogP contribution in [0.3, 0.4) is 0 Å². The first-order chi connectivity index (χ1) is 10.6. The number of rotatable bonds is 4. The predicted molar refractivity (Wildman–Crippen MR) is 85.6 cm³/mol. The first kappa shape index (κ1) is 14.7. The van der Waals surface area contributed by atoms with Crippen LogP contribution in [0.1, 0.15) is 5.56 Å². The van der Waals surface area contributed by atoms with Gasteiger partial charge in [0, 0.05) is 16.2 Å². The summed E-state index contributed by atoms with van der Waals surface area (Å²) in [7, 11) is 0. The Kier molecular flexibility index (Phi) is 4.20. The fraction of sp³-hybridized carbons (Fsp3) is 0.188. The molecule has 2 aromatic rings. The molecule has 1 heterocycles. The molecule has 1 aliphatic rings. The van der Waals surface area contributed by atoms with Gasteiger partial charge < -0.3 is 19.5 Å². The number of hydrogen-bond donors (Lipinski definition) is 1. The highest BCUT2D eigenvalue weighted by Gasteiger charge is 2.14. The Hall–Kier alpha value is -2.21. The van der Waals surface area contributed by atoms with Crippen LogP contribution in [-0.4, -0.2) is 19.3 Å². The van der Waals surface area contributed by atoms with Gasteiger partial charge in [-0.1, -0.05) is 15.9 Å². The van der Waals surface area contributed by atoms with Crippen molar-refractivity contribution in [2.45, 2.75) is 6.92 Å². The number of hydrogen-bond acceptors (Lipinski definition) is 4. The van der Waals surface area contributed by atoms with Gasteiger partial charge in [-0.3, -0.25) is 4.79 Å². The minimum absolute atomic E-state index is 0.0746. The molecular weight excluding hydrogens is 350 g/mol. The summed E-state index contributed by atoms with van der Waals surface area (Å²) in [5, 5.41) is 2.79. The van der Waals surface area contributed by atoms with Gasteiger partial charge in [0.25, 0.3) is 5.91 Å². The number of carbonyl (C=O) groups excluding carboxylic acids is 1. The molecule has 1 amide bonds. The van der Waals surface area contributed by atoms with Crippen LogP contribution in [0.2, 0.25) is 0 Å². The van der Waals surface area contributed by atoms with E-state index in [1.54, 1.807) is 18.2 Å². The fourth-order valence-corrected chi connectivity index (χ4v) is 2.28. The maximum Gasteiger partial charge on any atom is 0.262 e. The van der Waals surface area contributed by atoms with E-state index in [4.69, 9.17) is 14.2 Å². The molecule has 114 valence electrons. The van der Waals surface area contributed by atoms with Gasteiger partial charge in [0.1, 0.15) is 5.75 Å². The largest absolute Gasteiger partial charge is 0.484 e. The average molecular weight is 364 g/mol. The van der Waals surface area contributed by atoms with Gasteiger partial charge in [0.05, 0.1) is 0 Å². The second-order valence-corrected chi connectivity index (χ2v) is 5.67. The Morgan fingerprint density at radius 2 is 2.05 bits per heavy atom. The molecule has 5 nitrogen and oxygen atoms in total. The zero-order valence-electron chi connectivity index (χ0n) is 11.9. The molecule has 0 atom stereocenters. The van der Waals surface area contributed by atoms with Gasteiger partial charge in [-0.2, -0.15) is 0 Å². The number of halogens is 1. The van der Waals surface area contributed by atoms with E-state index in [0.717, 1.165) is 15.7 Å². The molecule has 1 N–H and O–H groups in total. The molecule has 0 radical (unpaired) electrons. The zero-order chi connectivity index (χ0) is 15.5. The summed E-state index contributed by atoms with van der Waals surface area (Å²) < 4.78 is 16.9. The van der Waals surface area contributed by atoms with Crippen molar-refractivity contribution in [1.29, 1.82) is 0 Å². The standard InChI is InChI=1S/C16H14BrNO4/c1-10-6-11(2-4-13(10)17)18-16(19)8-20-12-3-5-14-15(7-12)22-9-21-14/h2-7H,8-9H2,1H3,(H,18,19). The number of nitrogens with one attached hydrogen (secondary N) is 1. The molecule has 0 bridgehead atoms. The highest BCUT2D eigenvalue weighted by Crippen LogP contribution is 2.35. The minimum Gasteiger partial charge on any atom is -0.484 e. The third kappa shape index (κ3) is 3.33. The molecule has 22 heavy (non-hydrogen) atoms. The predicted octanol–water partition coefficient (Wildman–Crippen LogP) is 3.50. The van der Waals surface area contributed by atoms with E-state index in [1.165, 1.54) is 0 Å². The maximum atomic E-state index is 11.9. The average Bonchev–Trinajstić information content (AvgIpc) is 2.96. The first-order valence-electron chi connectivity index (χ1n) is 6.70. The Labute approximate surface area is 136 Å². The molecule has 2 aromatic carbocycles. The Balaban J connectivity index is 1.57. The summed E-state index contributed by atoms with van der Waals surface area (Å²) in [6, 6.07) is 10.8. The molecule has 0 unspecified atom stereocenters. The molecule has 1 aliphatic heterocycles. The van der Waals surface area contributed by atoms with Crippen molar-refractivity contribution in [1.82, 2.24) is 0 Å².